The molecule has 0 aliphatic rings. The third-order valence-corrected chi connectivity index (χ3v) is 3.83. The number of aryl methyl sites for hydroxylation is 2. The Kier molecular flexibility index (Phi) is 2.91. The van der Waals surface area contributed by atoms with Crippen molar-refractivity contribution < 1.29 is 0 Å². The molecule has 5 heteroatoms. The number of anilines is 1. The zero-order chi connectivity index (χ0) is 14.4. The average Bonchev–Trinajstić information content (AvgIpc) is 2.63. The van der Waals surface area contributed by atoms with E-state index in [2.05, 4.69) is 21.5 Å². The van der Waals surface area contributed by atoms with Crippen LogP contribution in [0, 0.1) is 20.8 Å². The summed E-state index contributed by atoms with van der Waals surface area (Å²) in [7, 11) is 0. The van der Waals surface area contributed by atoms with Crippen LogP contribution in [0.3, 0.4) is 0 Å². The molecular weight excluding hydrogens is 272 g/mol. The number of nitrogens with zero attached hydrogens (tertiary/aromatic N) is 3. The van der Waals surface area contributed by atoms with Gasteiger partial charge in [0.25, 0.3) is 0 Å². The fourth-order valence-corrected chi connectivity index (χ4v) is 2.64. The Morgan fingerprint density at radius 1 is 1.05 bits per heavy atom. The van der Waals surface area contributed by atoms with Crippen molar-refractivity contribution in [2.24, 2.45) is 0 Å². The molecule has 0 spiro atoms. The minimum Gasteiger partial charge on any atom is -0.383 e. The van der Waals surface area contributed by atoms with E-state index >= 15 is 0 Å². The molecule has 0 aliphatic heterocycles. The van der Waals surface area contributed by atoms with Gasteiger partial charge in [-0.1, -0.05) is 11.6 Å². The lowest BCUT2D eigenvalue weighted by Crippen LogP contribution is -2.01. The topological polar surface area (TPSA) is 56.7 Å². The average molecular weight is 287 g/mol. The zero-order valence-electron chi connectivity index (χ0n) is 11.6. The molecule has 0 unspecified atom stereocenters. The Bertz CT molecular complexity index is 803. The van der Waals surface area contributed by atoms with Crippen LogP contribution in [0.5, 0.6) is 0 Å². The SMILES string of the molecule is Cc1nc(N)c2c(C)c(C)n(-c3ccc(Cl)cc3)c2n1. The highest BCUT2D eigenvalue weighted by Crippen LogP contribution is 2.30. The van der Waals surface area contributed by atoms with E-state index in [4.69, 9.17) is 17.3 Å². The molecule has 102 valence electrons. The summed E-state index contributed by atoms with van der Waals surface area (Å²) in [6.07, 6.45) is 0. The van der Waals surface area contributed by atoms with E-state index in [1.807, 2.05) is 38.1 Å². The monoisotopic (exact) mass is 286 g/mol. The van der Waals surface area contributed by atoms with Gasteiger partial charge < -0.3 is 5.73 Å². The summed E-state index contributed by atoms with van der Waals surface area (Å²) in [5.74, 6) is 1.20. The van der Waals surface area contributed by atoms with Crippen LogP contribution < -0.4 is 5.73 Å². The molecule has 0 amide bonds. The van der Waals surface area contributed by atoms with Gasteiger partial charge in [-0.05, 0) is 50.6 Å². The first-order valence-electron chi connectivity index (χ1n) is 6.36. The first-order valence-corrected chi connectivity index (χ1v) is 6.74. The molecule has 0 atom stereocenters. The minimum absolute atomic E-state index is 0.529. The molecule has 0 saturated carbocycles. The van der Waals surface area contributed by atoms with Crippen LogP contribution in [-0.2, 0) is 0 Å². The van der Waals surface area contributed by atoms with Crippen molar-refractivity contribution >= 4 is 28.5 Å². The minimum atomic E-state index is 0.529. The number of nitrogen functional groups attached to an aromatic ring is 1. The van der Waals surface area contributed by atoms with Gasteiger partial charge in [0.05, 0.1) is 5.39 Å². The van der Waals surface area contributed by atoms with Gasteiger partial charge in [0.15, 0.2) is 5.65 Å². The first kappa shape index (κ1) is 12.9. The summed E-state index contributed by atoms with van der Waals surface area (Å²) in [5.41, 5.74) is 10.1. The number of fused-ring (bicyclic) bond motifs is 1. The Balaban J connectivity index is 2.41. The zero-order valence-corrected chi connectivity index (χ0v) is 12.4. The van der Waals surface area contributed by atoms with E-state index in [0.717, 1.165) is 28.0 Å². The van der Waals surface area contributed by atoms with Crippen LogP contribution in [0.15, 0.2) is 24.3 Å². The molecule has 0 radical (unpaired) electrons. The van der Waals surface area contributed by atoms with E-state index in [0.29, 0.717) is 16.7 Å². The Morgan fingerprint density at radius 3 is 2.35 bits per heavy atom. The van der Waals surface area contributed by atoms with Crippen LogP contribution in [0.25, 0.3) is 16.7 Å². The molecule has 1 aromatic carbocycles. The van der Waals surface area contributed by atoms with Gasteiger partial charge in [0.2, 0.25) is 0 Å². The molecule has 0 fully saturated rings. The molecule has 2 aromatic heterocycles. The number of aromatic nitrogens is 3. The lowest BCUT2D eigenvalue weighted by molar-refractivity contribution is 0.996. The fourth-order valence-electron chi connectivity index (χ4n) is 2.51. The van der Waals surface area contributed by atoms with Gasteiger partial charge in [-0.2, -0.15) is 0 Å². The molecule has 0 saturated heterocycles. The van der Waals surface area contributed by atoms with Crippen molar-refractivity contribution in [1.82, 2.24) is 14.5 Å². The van der Waals surface area contributed by atoms with E-state index in [1.54, 1.807) is 0 Å². The van der Waals surface area contributed by atoms with Crippen molar-refractivity contribution in [3.63, 3.8) is 0 Å². The van der Waals surface area contributed by atoms with Crippen molar-refractivity contribution in [3.05, 3.63) is 46.4 Å². The summed E-state index contributed by atoms with van der Waals surface area (Å²) >= 11 is 5.96. The summed E-state index contributed by atoms with van der Waals surface area (Å²) in [5, 5.41) is 1.63. The van der Waals surface area contributed by atoms with E-state index in [9.17, 15) is 0 Å². The number of benzene rings is 1. The second-order valence-corrected chi connectivity index (χ2v) is 5.31. The number of hydrogen-bond donors (Lipinski definition) is 1. The highest BCUT2D eigenvalue weighted by atomic mass is 35.5. The largest absolute Gasteiger partial charge is 0.383 e. The maximum Gasteiger partial charge on any atom is 0.150 e. The van der Waals surface area contributed by atoms with Crippen molar-refractivity contribution in [3.8, 4) is 5.69 Å². The third kappa shape index (κ3) is 1.84. The predicted molar refractivity (Wildman–Crippen MR) is 82.5 cm³/mol. The van der Waals surface area contributed by atoms with Crippen LogP contribution >= 0.6 is 11.6 Å². The van der Waals surface area contributed by atoms with Crippen LogP contribution in [0.1, 0.15) is 17.1 Å². The van der Waals surface area contributed by atoms with Crippen molar-refractivity contribution in [1.29, 1.82) is 0 Å². The second kappa shape index (κ2) is 4.49. The summed E-state index contributed by atoms with van der Waals surface area (Å²) in [6, 6.07) is 7.69. The number of rotatable bonds is 1. The molecular formula is C15H15ClN4. The summed E-state index contributed by atoms with van der Waals surface area (Å²) in [4.78, 5) is 8.81. The maximum atomic E-state index is 6.06. The highest BCUT2D eigenvalue weighted by Gasteiger charge is 2.17. The Morgan fingerprint density at radius 2 is 1.70 bits per heavy atom. The number of hydrogen-bond acceptors (Lipinski definition) is 3. The summed E-state index contributed by atoms with van der Waals surface area (Å²) in [6.45, 7) is 5.94. The van der Waals surface area contributed by atoms with Gasteiger partial charge in [-0.25, -0.2) is 9.97 Å². The lowest BCUT2D eigenvalue weighted by Gasteiger charge is -2.08. The van der Waals surface area contributed by atoms with Gasteiger partial charge in [0.1, 0.15) is 11.6 Å². The molecule has 20 heavy (non-hydrogen) atoms. The maximum absolute atomic E-state index is 6.06. The molecule has 2 N–H and O–H groups in total. The van der Waals surface area contributed by atoms with Crippen LogP contribution in [0.2, 0.25) is 5.02 Å². The first-order chi connectivity index (χ1) is 9.49. The van der Waals surface area contributed by atoms with Gasteiger partial charge in [0, 0.05) is 16.4 Å². The Labute approximate surface area is 122 Å². The van der Waals surface area contributed by atoms with Gasteiger partial charge in [-0.15, -0.1) is 0 Å². The lowest BCUT2D eigenvalue weighted by atomic mass is 10.2. The molecule has 0 bridgehead atoms. The third-order valence-electron chi connectivity index (χ3n) is 3.58. The highest BCUT2D eigenvalue weighted by molar-refractivity contribution is 6.30. The quantitative estimate of drug-likeness (QED) is 0.744. The standard InChI is InChI=1S/C15H15ClN4/c1-8-9(2)20(12-6-4-11(16)5-7-12)15-13(8)14(17)18-10(3)19-15/h4-7H,1-3H3,(H2,17,18,19). The van der Waals surface area contributed by atoms with Crippen LogP contribution in [-0.4, -0.2) is 14.5 Å². The fraction of sp³-hybridized carbons (Fsp3) is 0.200. The second-order valence-electron chi connectivity index (χ2n) is 4.88. The molecule has 3 rings (SSSR count). The number of halogens is 1. The van der Waals surface area contributed by atoms with Crippen molar-refractivity contribution in [2.45, 2.75) is 20.8 Å². The molecule has 0 aliphatic carbocycles. The van der Waals surface area contributed by atoms with Gasteiger partial charge >= 0.3 is 0 Å². The normalized spacial score (nSPS) is 11.2. The summed E-state index contributed by atoms with van der Waals surface area (Å²) < 4.78 is 2.09. The van der Waals surface area contributed by atoms with Crippen molar-refractivity contribution in [2.75, 3.05) is 5.73 Å². The van der Waals surface area contributed by atoms with E-state index in [-0.39, 0.29) is 0 Å². The van der Waals surface area contributed by atoms with E-state index in [1.165, 1.54) is 0 Å². The predicted octanol–water partition coefficient (Wildman–Crippen LogP) is 3.58. The molecule has 4 nitrogen and oxygen atoms in total. The number of nitrogens with two attached hydrogens (primary N) is 1. The smallest absolute Gasteiger partial charge is 0.150 e. The van der Waals surface area contributed by atoms with Gasteiger partial charge in [-0.3, -0.25) is 4.57 Å². The van der Waals surface area contributed by atoms with Crippen LogP contribution in [0.4, 0.5) is 5.82 Å². The van der Waals surface area contributed by atoms with E-state index < -0.39 is 0 Å². The molecule has 3 aromatic rings. The Hall–Kier alpha value is -2.07. The molecule has 2 heterocycles.